The van der Waals surface area contributed by atoms with Crippen molar-refractivity contribution in [3.63, 3.8) is 0 Å². The number of rotatable bonds is 6. The van der Waals surface area contributed by atoms with Crippen LogP contribution < -0.4 is 5.73 Å². The molecule has 0 aliphatic heterocycles. The maximum atomic E-state index is 13.0. The van der Waals surface area contributed by atoms with Crippen LogP contribution >= 0.6 is 0 Å². The lowest BCUT2D eigenvalue weighted by molar-refractivity contribution is -0.119. The van der Waals surface area contributed by atoms with Crippen molar-refractivity contribution < 1.29 is 9.18 Å². The van der Waals surface area contributed by atoms with Gasteiger partial charge in [-0.1, -0.05) is 26.0 Å². The Kier molecular flexibility index (Phi) is 5.10. The Morgan fingerprint density at radius 3 is 2.71 bits per heavy atom. The van der Waals surface area contributed by atoms with Crippen molar-refractivity contribution in [2.45, 2.75) is 20.4 Å². The average molecular weight is 238 g/mol. The minimum absolute atomic E-state index is 0.203. The minimum atomic E-state index is -0.359. The molecule has 0 aromatic heterocycles. The third-order valence-electron chi connectivity index (χ3n) is 2.30. The lowest BCUT2D eigenvalue weighted by Crippen LogP contribution is -2.35. The third-order valence-corrected chi connectivity index (χ3v) is 2.30. The van der Waals surface area contributed by atoms with E-state index >= 15 is 0 Å². The molecule has 0 saturated carbocycles. The molecule has 1 amide bonds. The Labute approximate surface area is 101 Å². The number of amides is 1. The van der Waals surface area contributed by atoms with Gasteiger partial charge in [-0.25, -0.2) is 4.39 Å². The molecule has 3 nitrogen and oxygen atoms in total. The van der Waals surface area contributed by atoms with E-state index in [9.17, 15) is 9.18 Å². The Morgan fingerprint density at radius 2 is 2.18 bits per heavy atom. The lowest BCUT2D eigenvalue weighted by Gasteiger charge is -2.22. The summed E-state index contributed by atoms with van der Waals surface area (Å²) in [6, 6.07) is 6.40. The highest BCUT2D eigenvalue weighted by atomic mass is 19.1. The topological polar surface area (TPSA) is 46.3 Å². The summed E-state index contributed by atoms with van der Waals surface area (Å²) in [7, 11) is 0. The van der Waals surface area contributed by atoms with E-state index in [0.717, 1.165) is 12.1 Å². The van der Waals surface area contributed by atoms with E-state index in [1.807, 2.05) is 11.0 Å². The van der Waals surface area contributed by atoms with Gasteiger partial charge in [0, 0.05) is 13.1 Å². The number of halogens is 1. The number of carbonyl (C=O) groups excluding carboxylic acids is 1. The van der Waals surface area contributed by atoms with Crippen LogP contribution in [-0.4, -0.2) is 23.9 Å². The predicted octanol–water partition coefficient (Wildman–Crippen LogP) is 1.77. The molecule has 0 aliphatic rings. The maximum Gasteiger partial charge on any atom is 0.231 e. The van der Waals surface area contributed by atoms with E-state index in [-0.39, 0.29) is 18.3 Å². The molecular formula is C13H19FN2O. The highest BCUT2D eigenvalue weighted by Crippen LogP contribution is 2.09. The van der Waals surface area contributed by atoms with E-state index in [4.69, 9.17) is 5.73 Å². The normalized spacial score (nSPS) is 11.1. The maximum absolute atomic E-state index is 13.0. The van der Waals surface area contributed by atoms with Crippen LogP contribution in [-0.2, 0) is 11.3 Å². The fraction of sp³-hybridized carbons (Fsp3) is 0.462. The smallest absolute Gasteiger partial charge is 0.231 e. The number of nitrogens with zero attached hydrogens (tertiary/aromatic N) is 1. The number of carbonyl (C=O) groups is 1. The quantitative estimate of drug-likeness (QED) is 0.821. The highest BCUT2D eigenvalue weighted by molar-refractivity contribution is 5.75. The number of benzene rings is 1. The molecule has 17 heavy (non-hydrogen) atoms. The van der Waals surface area contributed by atoms with Crippen molar-refractivity contribution in [1.82, 2.24) is 4.90 Å². The Balaban J connectivity index is 2.67. The van der Waals surface area contributed by atoms with Crippen molar-refractivity contribution >= 4 is 5.91 Å². The first-order valence-electron chi connectivity index (χ1n) is 5.72. The summed E-state index contributed by atoms with van der Waals surface area (Å²) in [5.41, 5.74) is 6.05. The highest BCUT2D eigenvalue weighted by Gasteiger charge is 2.11. The summed E-state index contributed by atoms with van der Waals surface area (Å²) in [4.78, 5) is 12.9. The first kappa shape index (κ1) is 13.6. The molecular weight excluding hydrogens is 219 g/mol. The Bertz CT molecular complexity index is 379. The van der Waals surface area contributed by atoms with Gasteiger partial charge in [0.1, 0.15) is 5.82 Å². The molecule has 1 rings (SSSR count). The summed E-state index contributed by atoms with van der Waals surface area (Å²) in [6.07, 6.45) is 0. The van der Waals surface area contributed by atoms with Crippen LogP contribution in [0.1, 0.15) is 19.4 Å². The predicted molar refractivity (Wildman–Crippen MR) is 65.7 cm³/mol. The molecule has 0 aliphatic carbocycles. The molecule has 2 N–H and O–H groups in total. The second-order valence-electron chi connectivity index (χ2n) is 4.66. The zero-order chi connectivity index (χ0) is 12.8. The van der Waals surface area contributed by atoms with E-state index in [1.54, 1.807) is 6.07 Å². The molecule has 1 aromatic rings. The summed E-state index contributed by atoms with van der Waals surface area (Å²) in [5, 5.41) is 0. The van der Waals surface area contributed by atoms with Gasteiger partial charge in [-0.2, -0.15) is 0 Å². The van der Waals surface area contributed by atoms with Crippen molar-refractivity contribution in [3.05, 3.63) is 35.6 Å². The molecule has 0 heterocycles. The first-order chi connectivity index (χ1) is 7.97. The van der Waals surface area contributed by atoms with Crippen LogP contribution in [0.5, 0.6) is 0 Å². The molecule has 0 spiro atoms. The third kappa shape index (κ3) is 5.45. The van der Waals surface area contributed by atoms with Gasteiger partial charge in [0.25, 0.3) is 0 Å². The molecule has 0 radical (unpaired) electrons. The fourth-order valence-electron chi connectivity index (χ4n) is 1.82. The molecule has 0 unspecified atom stereocenters. The zero-order valence-electron chi connectivity index (χ0n) is 10.3. The summed E-state index contributed by atoms with van der Waals surface area (Å²) >= 11 is 0. The van der Waals surface area contributed by atoms with Crippen molar-refractivity contribution in [3.8, 4) is 0 Å². The van der Waals surface area contributed by atoms with Crippen LogP contribution in [0.4, 0.5) is 4.39 Å². The van der Waals surface area contributed by atoms with E-state index in [1.165, 1.54) is 12.1 Å². The van der Waals surface area contributed by atoms with Crippen LogP contribution in [0.2, 0.25) is 0 Å². The van der Waals surface area contributed by atoms with Crippen molar-refractivity contribution in [2.75, 3.05) is 13.1 Å². The van der Waals surface area contributed by atoms with Crippen LogP contribution in [0.25, 0.3) is 0 Å². The zero-order valence-corrected chi connectivity index (χ0v) is 10.3. The molecule has 4 heteroatoms. The van der Waals surface area contributed by atoms with Crippen molar-refractivity contribution in [2.24, 2.45) is 11.7 Å². The monoisotopic (exact) mass is 238 g/mol. The van der Waals surface area contributed by atoms with Gasteiger partial charge in [0.2, 0.25) is 5.91 Å². The van der Waals surface area contributed by atoms with Crippen molar-refractivity contribution in [1.29, 1.82) is 0 Å². The Hall–Kier alpha value is -1.42. The molecule has 94 valence electrons. The number of hydrogen-bond donors (Lipinski definition) is 1. The van der Waals surface area contributed by atoms with Gasteiger partial charge in [-0.15, -0.1) is 0 Å². The SMILES string of the molecule is CC(C)CN(CC(N)=O)Cc1cccc(F)c1. The number of primary amides is 1. The van der Waals surface area contributed by atoms with Gasteiger partial charge in [0.05, 0.1) is 6.54 Å². The average Bonchev–Trinajstić information content (AvgIpc) is 2.14. The van der Waals surface area contributed by atoms with E-state index in [2.05, 4.69) is 13.8 Å². The molecule has 0 bridgehead atoms. The largest absolute Gasteiger partial charge is 0.369 e. The van der Waals surface area contributed by atoms with Crippen LogP contribution in [0, 0.1) is 11.7 Å². The van der Waals surface area contributed by atoms with Gasteiger partial charge in [-0.3, -0.25) is 9.69 Å². The molecule has 0 saturated heterocycles. The van der Waals surface area contributed by atoms with Gasteiger partial charge >= 0.3 is 0 Å². The molecule has 0 fully saturated rings. The fourth-order valence-corrected chi connectivity index (χ4v) is 1.82. The molecule has 1 aromatic carbocycles. The summed E-state index contributed by atoms with van der Waals surface area (Å²) < 4.78 is 13.0. The second kappa shape index (κ2) is 6.35. The Morgan fingerprint density at radius 1 is 1.47 bits per heavy atom. The number of nitrogens with two attached hydrogens (primary N) is 1. The summed E-state index contributed by atoms with van der Waals surface area (Å²) in [6.45, 7) is 5.65. The second-order valence-corrected chi connectivity index (χ2v) is 4.66. The van der Waals surface area contributed by atoms with E-state index in [0.29, 0.717) is 12.5 Å². The van der Waals surface area contributed by atoms with Crippen LogP contribution in [0.3, 0.4) is 0 Å². The molecule has 0 atom stereocenters. The standard InChI is InChI=1S/C13H19FN2O/c1-10(2)7-16(9-13(15)17)8-11-4-3-5-12(14)6-11/h3-6,10H,7-9H2,1-2H3,(H2,15,17). The van der Waals surface area contributed by atoms with Gasteiger partial charge < -0.3 is 5.73 Å². The minimum Gasteiger partial charge on any atom is -0.369 e. The lowest BCUT2D eigenvalue weighted by atomic mass is 10.1. The summed E-state index contributed by atoms with van der Waals surface area (Å²) in [5.74, 6) is -0.184. The van der Waals surface area contributed by atoms with Gasteiger partial charge in [0.15, 0.2) is 0 Å². The first-order valence-corrected chi connectivity index (χ1v) is 5.72. The number of hydrogen-bond acceptors (Lipinski definition) is 2. The van der Waals surface area contributed by atoms with Crippen LogP contribution in [0.15, 0.2) is 24.3 Å². The van der Waals surface area contributed by atoms with Gasteiger partial charge in [-0.05, 0) is 23.6 Å². The van der Waals surface area contributed by atoms with E-state index < -0.39 is 0 Å².